The maximum Gasteiger partial charge on any atom is 0.261 e. The van der Waals surface area contributed by atoms with Crippen LogP contribution in [0, 0.1) is 0 Å². The molecule has 2 aromatic carbocycles. The number of rotatable bonds is 8. The molecule has 0 saturated carbocycles. The Morgan fingerprint density at radius 2 is 1.65 bits per heavy atom. The predicted molar refractivity (Wildman–Crippen MR) is 106 cm³/mol. The van der Waals surface area contributed by atoms with Gasteiger partial charge in [-0.25, -0.2) is 0 Å². The van der Waals surface area contributed by atoms with Gasteiger partial charge in [-0.2, -0.15) is 0 Å². The maximum atomic E-state index is 12.4. The lowest BCUT2D eigenvalue weighted by molar-refractivity contribution is 0.0951. The van der Waals surface area contributed by atoms with Crippen molar-refractivity contribution in [1.82, 2.24) is 5.32 Å². The largest absolute Gasteiger partial charge is 0.372 e. The first-order valence-corrected chi connectivity index (χ1v) is 9.69. The summed E-state index contributed by atoms with van der Waals surface area (Å²) < 4.78 is 5.85. The Balaban J connectivity index is 1.57. The Kier molecular flexibility index (Phi) is 6.58. The van der Waals surface area contributed by atoms with Crippen molar-refractivity contribution in [3.63, 3.8) is 0 Å². The molecule has 4 heteroatoms. The second-order valence-electron chi connectivity index (χ2n) is 6.06. The Morgan fingerprint density at radius 1 is 0.923 bits per heavy atom. The van der Waals surface area contributed by atoms with Crippen LogP contribution >= 0.6 is 11.3 Å². The van der Waals surface area contributed by atoms with E-state index in [0.29, 0.717) is 19.8 Å². The van der Waals surface area contributed by atoms with E-state index < -0.39 is 0 Å². The number of ether oxygens (including phenoxy) is 1. The van der Waals surface area contributed by atoms with Crippen molar-refractivity contribution in [3.05, 3.63) is 93.2 Å². The topological polar surface area (TPSA) is 38.3 Å². The highest BCUT2D eigenvalue weighted by Gasteiger charge is 2.12. The molecular weight excluding hydrogens is 342 g/mol. The molecule has 1 heterocycles. The number of thiophene rings is 1. The molecule has 26 heavy (non-hydrogen) atoms. The van der Waals surface area contributed by atoms with Crippen molar-refractivity contribution in [2.24, 2.45) is 0 Å². The van der Waals surface area contributed by atoms with Crippen molar-refractivity contribution in [2.45, 2.75) is 33.1 Å². The van der Waals surface area contributed by atoms with E-state index in [1.54, 1.807) is 0 Å². The normalized spacial score (nSPS) is 10.7. The standard InChI is InChI=1S/C22H23NO2S/c1-2-18-12-13-26-21(18)22(24)23-14-19-10-6-7-11-20(19)16-25-15-17-8-4-3-5-9-17/h3-13H,2,14-16H2,1H3,(H,23,24). The summed E-state index contributed by atoms with van der Waals surface area (Å²) in [6.07, 6.45) is 0.871. The van der Waals surface area contributed by atoms with Crippen LogP contribution in [0.15, 0.2) is 66.0 Å². The summed E-state index contributed by atoms with van der Waals surface area (Å²) in [7, 11) is 0. The lowest BCUT2D eigenvalue weighted by atomic mass is 10.1. The third kappa shape index (κ3) is 4.81. The van der Waals surface area contributed by atoms with E-state index in [2.05, 4.69) is 30.4 Å². The number of carbonyl (C=O) groups is 1. The quantitative estimate of drug-likeness (QED) is 0.613. The van der Waals surface area contributed by atoms with Crippen LogP contribution in [0.4, 0.5) is 0 Å². The Hall–Kier alpha value is -2.43. The minimum Gasteiger partial charge on any atom is -0.372 e. The number of hydrogen-bond acceptors (Lipinski definition) is 3. The first-order valence-electron chi connectivity index (χ1n) is 8.81. The molecule has 3 nitrogen and oxygen atoms in total. The van der Waals surface area contributed by atoms with Crippen LogP contribution < -0.4 is 5.32 Å². The molecule has 1 amide bonds. The Morgan fingerprint density at radius 3 is 2.42 bits per heavy atom. The molecule has 3 aromatic rings. The van der Waals surface area contributed by atoms with Gasteiger partial charge in [-0.1, -0.05) is 61.5 Å². The minimum absolute atomic E-state index is 0.00291. The van der Waals surface area contributed by atoms with Crippen LogP contribution in [0.5, 0.6) is 0 Å². The molecule has 0 aliphatic heterocycles. The van der Waals surface area contributed by atoms with E-state index in [0.717, 1.165) is 33.6 Å². The lowest BCUT2D eigenvalue weighted by Crippen LogP contribution is -2.23. The van der Waals surface area contributed by atoms with Crippen LogP contribution in [0.3, 0.4) is 0 Å². The van der Waals surface area contributed by atoms with Gasteiger partial charge in [0.05, 0.1) is 18.1 Å². The SMILES string of the molecule is CCc1ccsc1C(=O)NCc1ccccc1COCc1ccccc1. The second kappa shape index (κ2) is 9.32. The molecule has 1 N–H and O–H groups in total. The molecular formula is C22H23NO2S. The van der Waals surface area contributed by atoms with Gasteiger partial charge >= 0.3 is 0 Å². The molecule has 0 saturated heterocycles. The summed E-state index contributed by atoms with van der Waals surface area (Å²) in [5.41, 5.74) is 4.45. The number of benzene rings is 2. The third-order valence-electron chi connectivity index (χ3n) is 4.26. The number of carbonyl (C=O) groups excluding carboxylic acids is 1. The van der Waals surface area contributed by atoms with Gasteiger partial charge in [0.25, 0.3) is 5.91 Å². The molecule has 0 bridgehead atoms. The van der Waals surface area contributed by atoms with Gasteiger partial charge in [0, 0.05) is 6.54 Å². The molecule has 0 spiro atoms. The van der Waals surface area contributed by atoms with Gasteiger partial charge in [-0.05, 0) is 40.1 Å². The number of aryl methyl sites for hydroxylation is 1. The average Bonchev–Trinajstić information content (AvgIpc) is 3.17. The molecule has 0 unspecified atom stereocenters. The highest BCUT2D eigenvalue weighted by molar-refractivity contribution is 7.12. The molecule has 0 fully saturated rings. The summed E-state index contributed by atoms with van der Waals surface area (Å²) in [6.45, 7) is 3.68. The Bertz CT molecular complexity index is 842. The smallest absolute Gasteiger partial charge is 0.261 e. The van der Waals surface area contributed by atoms with Crippen LogP contribution in [0.1, 0.15) is 38.8 Å². The molecule has 1 aromatic heterocycles. The summed E-state index contributed by atoms with van der Waals surface area (Å²) in [5.74, 6) is -0.00291. The fourth-order valence-electron chi connectivity index (χ4n) is 2.79. The van der Waals surface area contributed by atoms with Crippen LogP contribution in [-0.4, -0.2) is 5.91 Å². The van der Waals surface area contributed by atoms with Gasteiger partial charge in [0.1, 0.15) is 0 Å². The lowest BCUT2D eigenvalue weighted by Gasteiger charge is -2.11. The van der Waals surface area contributed by atoms with Gasteiger partial charge in [0.15, 0.2) is 0 Å². The van der Waals surface area contributed by atoms with Gasteiger partial charge in [0.2, 0.25) is 0 Å². The van der Waals surface area contributed by atoms with Gasteiger partial charge in [-0.15, -0.1) is 11.3 Å². The fraction of sp³-hybridized carbons (Fsp3) is 0.227. The van der Waals surface area contributed by atoms with Crippen molar-refractivity contribution in [2.75, 3.05) is 0 Å². The van der Waals surface area contributed by atoms with E-state index in [4.69, 9.17) is 4.74 Å². The maximum absolute atomic E-state index is 12.4. The first kappa shape index (κ1) is 18.4. The third-order valence-corrected chi connectivity index (χ3v) is 5.22. The zero-order valence-electron chi connectivity index (χ0n) is 14.9. The van der Waals surface area contributed by atoms with Gasteiger partial charge < -0.3 is 10.1 Å². The van der Waals surface area contributed by atoms with E-state index >= 15 is 0 Å². The van der Waals surface area contributed by atoms with E-state index in [-0.39, 0.29) is 5.91 Å². The van der Waals surface area contributed by atoms with Crippen molar-refractivity contribution in [1.29, 1.82) is 0 Å². The van der Waals surface area contributed by atoms with Crippen molar-refractivity contribution >= 4 is 17.2 Å². The van der Waals surface area contributed by atoms with Crippen LogP contribution in [-0.2, 0) is 30.9 Å². The summed E-state index contributed by atoms with van der Waals surface area (Å²) in [6, 6.07) is 20.2. The zero-order chi connectivity index (χ0) is 18.2. The van der Waals surface area contributed by atoms with E-state index in [9.17, 15) is 4.79 Å². The molecule has 3 rings (SSSR count). The highest BCUT2D eigenvalue weighted by Crippen LogP contribution is 2.18. The monoisotopic (exact) mass is 365 g/mol. The summed E-state index contributed by atoms with van der Waals surface area (Å²) in [5, 5.41) is 5.01. The van der Waals surface area contributed by atoms with Crippen molar-refractivity contribution < 1.29 is 9.53 Å². The molecule has 0 aliphatic carbocycles. The minimum atomic E-state index is -0.00291. The van der Waals surface area contributed by atoms with Gasteiger partial charge in [-0.3, -0.25) is 4.79 Å². The van der Waals surface area contributed by atoms with E-state index in [1.165, 1.54) is 11.3 Å². The predicted octanol–water partition coefficient (Wildman–Crippen LogP) is 4.96. The molecule has 134 valence electrons. The molecule has 0 radical (unpaired) electrons. The van der Waals surface area contributed by atoms with Crippen LogP contribution in [0.25, 0.3) is 0 Å². The number of nitrogens with one attached hydrogen (secondary N) is 1. The Labute approximate surface area is 158 Å². The summed E-state index contributed by atoms with van der Waals surface area (Å²) >= 11 is 1.50. The average molecular weight is 365 g/mol. The molecule has 0 aliphatic rings. The van der Waals surface area contributed by atoms with Crippen molar-refractivity contribution in [3.8, 4) is 0 Å². The molecule has 0 atom stereocenters. The summed E-state index contributed by atoms with van der Waals surface area (Å²) in [4.78, 5) is 13.2. The number of amides is 1. The second-order valence-corrected chi connectivity index (χ2v) is 6.97. The zero-order valence-corrected chi connectivity index (χ0v) is 15.7. The number of hydrogen-bond donors (Lipinski definition) is 1. The first-order chi connectivity index (χ1) is 12.8. The highest BCUT2D eigenvalue weighted by atomic mass is 32.1. The van der Waals surface area contributed by atoms with E-state index in [1.807, 2.05) is 47.8 Å². The fourth-order valence-corrected chi connectivity index (χ4v) is 3.70. The van der Waals surface area contributed by atoms with Crippen LogP contribution in [0.2, 0.25) is 0 Å².